The lowest BCUT2D eigenvalue weighted by molar-refractivity contribution is 0.0600. The molecule has 0 amide bonds. The van der Waals surface area contributed by atoms with Gasteiger partial charge in [0, 0.05) is 5.56 Å². The van der Waals surface area contributed by atoms with Crippen molar-refractivity contribution in [1.82, 2.24) is 10.1 Å². The highest BCUT2D eigenvalue weighted by molar-refractivity contribution is 5.89. The number of aryl methyl sites for hydroxylation is 2. The van der Waals surface area contributed by atoms with E-state index in [4.69, 9.17) is 4.52 Å². The second kappa shape index (κ2) is 7.91. The van der Waals surface area contributed by atoms with E-state index in [2.05, 4.69) is 33.9 Å². The Balaban J connectivity index is 1.66. The van der Waals surface area contributed by atoms with Crippen LogP contribution >= 0.6 is 0 Å². The highest BCUT2D eigenvalue weighted by Crippen LogP contribution is 2.31. The van der Waals surface area contributed by atoms with Gasteiger partial charge in [-0.3, -0.25) is 0 Å². The molecular formula is C24H19FN2O3. The van der Waals surface area contributed by atoms with Gasteiger partial charge in [0.25, 0.3) is 5.89 Å². The number of ether oxygens (including phenoxy) is 1. The SMILES string of the molecule is COC(=O)c1ccc(-c2noc(-c3ccc(-c4ccccc4C)c(C)c3)n2)c(F)c1. The summed E-state index contributed by atoms with van der Waals surface area (Å²) in [6.45, 7) is 4.10. The normalized spacial score (nSPS) is 10.8. The first-order valence-electron chi connectivity index (χ1n) is 9.37. The minimum Gasteiger partial charge on any atom is -0.465 e. The van der Waals surface area contributed by atoms with Crippen LogP contribution in [0.25, 0.3) is 34.0 Å². The molecular weight excluding hydrogens is 383 g/mol. The predicted molar refractivity (Wildman–Crippen MR) is 111 cm³/mol. The average Bonchev–Trinajstić information content (AvgIpc) is 3.23. The van der Waals surface area contributed by atoms with E-state index in [0.29, 0.717) is 5.89 Å². The monoisotopic (exact) mass is 402 g/mol. The summed E-state index contributed by atoms with van der Waals surface area (Å²) in [7, 11) is 1.24. The number of carbonyl (C=O) groups excluding carboxylic acids is 1. The average molecular weight is 402 g/mol. The van der Waals surface area contributed by atoms with Crippen molar-refractivity contribution in [1.29, 1.82) is 0 Å². The van der Waals surface area contributed by atoms with E-state index in [1.54, 1.807) is 0 Å². The minimum atomic E-state index is -0.628. The maximum Gasteiger partial charge on any atom is 0.337 e. The lowest BCUT2D eigenvalue weighted by Gasteiger charge is -2.10. The van der Waals surface area contributed by atoms with Gasteiger partial charge in [0.2, 0.25) is 5.82 Å². The van der Waals surface area contributed by atoms with E-state index < -0.39 is 11.8 Å². The highest BCUT2D eigenvalue weighted by atomic mass is 19.1. The van der Waals surface area contributed by atoms with E-state index in [9.17, 15) is 9.18 Å². The lowest BCUT2D eigenvalue weighted by Crippen LogP contribution is -2.02. The van der Waals surface area contributed by atoms with Crippen LogP contribution in [0.2, 0.25) is 0 Å². The molecule has 1 aromatic heterocycles. The summed E-state index contributed by atoms with van der Waals surface area (Å²) in [6.07, 6.45) is 0. The molecule has 0 saturated carbocycles. The Morgan fingerprint density at radius 2 is 1.67 bits per heavy atom. The van der Waals surface area contributed by atoms with Crippen LogP contribution in [0.4, 0.5) is 4.39 Å². The summed E-state index contributed by atoms with van der Waals surface area (Å²) in [4.78, 5) is 15.9. The number of halogens is 1. The lowest BCUT2D eigenvalue weighted by atomic mass is 9.95. The Bertz CT molecular complexity index is 1250. The van der Waals surface area contributed by atoms with E-state index in [0.717, 1.165) is 22.8 Å². The first-order valence-corrected chi connectivity index (χ1v) is 9.37. The second-order valence-corrected chi connectivity index (χ2v) is 6.95. The summed E-state index contributed by atoms with van der Waals surface area (Å²) >= 11 is 0. The summed E-state index contributed by atoms with van der Waals surface area (Å²) < 4.78 is 24.4. The maximum atomic E-state index is 14.5. The summed E-state index contributed by atoms with van der Waals surface area (Å²) in [5.41, 5.74) is 5.56. The van der Waals surface area contributed by atoms with E-state index in [1.807, 2.05) is 37.3 Å². The molecule has 5 nitrogen and oxygen atoms in total. The third-order valence-electron chi connectivity index (χ3n) is 4.97. The third kappa shape index (κ3) is 3.59. The number of methoxy groups -OCH3 is 1. The third-order valence-corrected chi connectivity index (χ3v) is 4.97. The zero-order valence-corrected chi connectivity index (χ0v) is 16.8. The Morgan fingerprint density at radius 1 is 0.933 bits per heavy atom. The van der Waals surface area contributed by atoms with Gasteiger partial charge in [0.15, 0.2) is 0 Å². The first kappa shape index (κ1) is 19.5. The number of carbonyl (C=O) groups is 1. The van der Waals surface area contributed by atoms with Crippen LogP contribution in [-0.4, -0.2) is 23.2 Å². The van der Waals surface area contributed by atoms with Crippen molar-refractivity contribution in [3.63, 3.8) is 0 Å². The van der Waals surface area contributed by atoms with Crippen molar-refractivity contribution in [3.05, 3.63) is 83.2 Å². The summed E-state index contributed by atoms with van der Waals surface area (Å²) in [5, 5.41) is 3.90. The quantitative estimate of drug-likeness (QED) is 0.415. The van der Waals surface area contributed by atoms with Crippen LogP contribution in [0, 0.1) is 19.7 Å². The van der Waals surface area contributed by atoms with E-state index in [1.165, 1.54) is 30.4 Å². The molecule has 1 heterocycles. The number of hydrogen-bond donors (Lipinski definition) is 0. The molecule has 0 aliphatic carbocycles. The zero-order chi connectivity index (χ0) is 21.3. The van der Waals surface area contributed by atoms with Crippen molar-refractivity contribution in [2.75, 3.05) is 7.11 Å². The molecule has 0 N–H and O–H groups in total. The van der Waals surface area contributed by atoms with Gasteiger partial charge in [-0.15, -0.1) is 0 Å². The fourth-order valence-electron chi connectivity index (χ4n) is 3.37. The number of hydrogen-bond acceptors (Lipinski definition) is 5. The maximum absolute atomic E-state index is 14.5. The fraction of sp³-hybridized carbons (Fsp3) is 0.125. The van der Waals surface area contributed by atoms with Crippen LogP contribution < -0.4 is 0 Å². The topological polar surface area (TPSA) is 65.2 Å². The summed E-state index contributed by atoms with van der Waals surface area (Å²) in [5.74, 6) is -0.838. The minimum absolute atomic E-state index is 0.111. The van der Waals surface area contributed by atoms with Crippen molar-refractivity contribution < 1.29 is 18.4 Å². The standard InChI is InChI=1S/C24H19FN2O3/c1-14-6-4-5-7-18(14)19-10-8-16(12-15(19)2)23-26-22(27-30-23)20-11-9-17(13-21(20)25)24(28)29-3/h4-13H,1-3H3. The molecule has 4 aromatic rings. The van der Waals surface area contributed by atoms with Gasteiger partial charge >= 0.3 is 5.97 Å². The van der Waals surface area contributed by atoms with E-state index >= 15 is 0 Å². The van der Waals surface area contributed by atoms with Crippen LogP contribution in [0.5, 0.6) is 0 Å². The molecule has 0 aliphatic rings. The fourth-order valence-corrected chi connectivity index (χ4v) is 3.37. The Kier molecular flexibility index (Phi) is 5.14. The van der Waals surface area contributed by atoms with Crippen LogP contribution in [0.1, 0.15) is 21.5 Å². The largest absolute Gasteiger partial charge is 0.465 e. The first-order chi connectivity index (χ1) is 14.5. The number of nitrogens with zero attached hydrogens (tertiary/aromatic N) is 2. The molecule has 0 saturated heterocycles. The second-order valence-electron chi connectivity index (χ2n) is 6.95. The molecule has 0 aliphatic heterocycles. The molecule has 0 unspecified atom stereocenters. The van der Waals surface area contributed by atoms with Gasteiger partial charge in [-0.05, 0) is 66.4 Å². The molecule has 0 fully saturated rings. The van der Waals surface area contributed by atoms with Gasteiger partial charge < -0.3 is 9.26 Å². The Labute approximate surface area is 173 Å². The number of benzene rings is 3. The number of esters is 1. The smallest absolute Gasteiger partial charge is 0.337 e. The molecule has 30 heavy (non-hydrogen) atoms. The molecule has 0 atom stereocenters. The number of rotatable bonds is 4. The molecule has 0 spiro atoms. The summed E-state index contributed by atoms with van der Waals surface area (Å²) in [6, 6.07) is 18.1. The van der Waals surface area contributed by atoms with Crippen LogP contribution in [0.3, 0.4) is 0 Å². The molecule has 0 bridgehead atoms. The highest BCUT2D eigenvalue weighted by Gasteiger charge is 2.17. The van der Waals surface area contributed by atoms with E-state index in [-0.39, 0.29) is 17.0 Å². The molecule has 6 heteroatoms. The number of aromatic nitrogens is 2. The Hall–Kier alpha value is -3.80. The van der Waals surface area contributed by atoms with Gasteiger partial charge in [0.05, 0.1) is 18.2 Å². The molecule has 0 radical (unpaired) electrons. The molecule has 150 valence electrons. The van der Waals surface area contributed by atoms with Crippen molar-refractivity contribution in [3.8, 4) is 34.0 Å². The molecule has 4 rings (SSSR count). The predicted octanol–water partition coefficient (Wildman–Crippen LogP) is 5.61. The van der Waals surface area contributed by atoms with Crippen molar-refractivity contribution >= 4 is 5.97 Å². The van der Waals surface area contributed by atoms with Crippen molar-refractivity contribution in [2.45, 2.75) is 13.8 Å². The van der Waals surface area contributed by atoms with Crippen LogP contribution in [-0.2, 0) is 4.74 Å². The van der Waals surface area contributed by atoms with Gasteiger partial charge in [-0.25, -0.2) is 9.18 Å². The zero-order valence-electron chi connectivity index (χ0n) is 16.8. The molecule has 3 aromatic carbocycles. The van der Waals surface area contributed by atoms with Gasteiger partial charge in [-0.2, -0.15) is 4.98 Å². The Morgan fingerprint density at radius 3 is 2.37 bits per heavy atom. The van der Waals surface area contributed by atoms with Crippen molar-refractivity contribution in [2.24, 2.45) is 0 Å². The van der Waals surface area contributed by atoms with Gasteiger partial charge in [-0.1, -0.05) is 35.5 Å². The van der Waals surface area contributed by atoms with Crippen LogP contribution in [0.15, 0.2) is 65.2 Å². The van der Waals surface area contributed by atoms with Gasteiger partial charge in [0.1, 0.15) is 5.82 Å².